The van der Waals surface area contributed by atoms with Gasteiger partial charge in [0.25, 0.3) is 5.91 Å². The summed E-state index contributed by atoms with van der Waals surface area (Å²) in [7, 11) is -3.59. The smallest absolute Gasteiger partial charge is 0.310 e. The first-order valence-corrected chi connectivity index (χ1v) is 10.7. The zero-order valence-electron chi connectivity index (χ0n) is 14.0. The Kier molecular flexibility index (Phi) is 5.39. The van der Waals surface area contributed by atoms with Gasteiger partial charge >= 0.3 is 10.1 Å². The van der Waals surface area contributed by atoms with Gasteiger partial charge in [-0.2, -0.15) is 8.42 Å². The highest BCUT2D eigenvalue weighted by molar-refractivity contribution is 7.87. The molecule has 2 heterocycles. The van der Waals surface area contributed by atoms with E-state index < -0.39 is 10.1 Å². The van der Waals surface area contributed by atoms with Crippen molar-refractivity contribution in [3.05, 3.63) is 35.2 Å². The quantitative estimate of drug-likeness (QED) is 0.720. The number of aromatic nitrogens is 1. The Morgan fingerprint density at radius 1 is 1.24 bits per heavy atom. The molecule has 1 aliphatic heterocycles. The van der Waals surface area contributed by atoms with Crippen LogP contribution in [0.5, 0.6) is 5.88 Å². The standard InChI is InChI=1S/C17H20N2O4S2/c1-2-11-25(21,22)23-15-12-24-16(18-15)13-5-7-14(8-6-13)17(20)19-9-3-4-10-19/h5-8,12H,2-4,9-11H2,1H3. The van der Waals surface area contributed by atoms with Crippen molar-refractivity contribution in [3.8, 4) is 16.5 Å². The summed E-state index contributed by atoms with van der Waals surface area (Å²) in [5.41, 5.74) is 1.48. The number of carbonyl (C=O) groups excluding carboxylic acids is 1. The van der Waals surface area contributed by atoms with E-state index in [0.29, 0.717) is 17.0 Å². The van der Waals surface area contributed by atoms with E-state index in [2.05, 4.69) is 4.98 Å². The second-order valence-corrected chi connectivity index (χ2v) is 8.46. The number of amides is 1. The summed E-state index contributed by atoms with van der Waals surface area (Å²) in [5, 5.41) is 2.23. The van der Waals surface area contributed by atoms with Gasteiger partial charge in [-0.05, 0) is 31.4 Å². The second-order valence-electron chi connectivity index (χ2n) is 5.91. The zero-order valence-corrected chi connectivity index (χ0v) is 15.6. The molecular formula is C17H20N2O4S2. The van der Waals surface area contributed by atoms with Crippen molar-refractivity contribution in [2.45, 2.75) is 26.2 Å². The van der Waals surface area contributed by atoms with Crippen molar-refractivity contribution in [1.82, 2.24) is 9.88 Å². The van der Waals surface area contributed by atoms with Gasteiger partial charge in [-0.25, -0.2) is 4.98 Å². The summed E-state index contributed by atoms with van der Waals surface area (Å²) in [4.78, 5) is 18.4. The van der Waals surface area contributed by atoms with Crippen LogP contribution in [0.15, 0.2) is 29.6 Å². The van der Waals surface area contributed by atoms with Crippen LogP contribution in [0.1, 0.15) is 36.5 Å². The molecule has 0 aliphatic carbocycles. The summed E-state index contributed by atoms with van der Waals surface area (Å²) in [6, 6.07) is 7.22. The topological polar surface area (TPSA) is 76.6 Å². The first kappa shape index (κ1) is 17.9. The molecule has 1 saturated heterocycles. The number of hydrogen-bond donors (Lipinski definition) is 0. The lowest BCUT2D eigenvalue weighted by atomic mass is 10.1. The van der Waals surface area contributed by atoms with E-state index in [0.717, 1.165) is 31.5 Å². The van der Waals surface area contributed by atoms with E-state index in [1.807, 2.05) is 17.0 Å². The van der Waals surface area contributed by atoms with Crippen molar-refractivity contribution in [2.24, 2.45) is 0 Å². The molecule has 0 spiro atoms. The van der Waals surface area contributed by atoms with Crippen LogP contribution in [0.4, 0.5) is 0 Å². The molecule has 6 nitrogen and oxygen atoms in total. The lowest BCUT2D eigenvalue weighted by molar-refractivity contribution is 0.0793. The average molecular weight is 380 g/mol. The Labute approximate surface area is 151 Å². The SMILES string of the molecule is CCCS(=O)(=O)Oc1csc(-c2ccc(C(=O)N3CCCC3)cc2)n1. The van der Waals surface area contributed by atoms with Crippen LogP contribution in [-0.2, 0) is 10.1 Å². The van der Waals surface area contributed by atoms with Crippen molar-refractivity contribution in [3.63, 3.8) is 0 Å². The van der Waals surface area contributed by atoms with E-state index in [-0.39, 0.29) is 17.5 Å². The highest BCUT2D eigenvalue weighted by atomic mass is 32.2. The van der Waals surface area contributed by atoms with Gasteiger partial charge in [0.1, 0.15) is 5.01 Å². The lowest BCUT2D eigenvalue weighted by Gasteiger charge is -2.15. The Morgan fingerprint density at radius 3 is 2.56 bits per heavy atom. The number of thiazole rings is 1. The van der Waals surface area contributed by atoms with Gasteiger partial charge in [0.2, 0.25) is 5.88 Å². The van der Waals surface area contributed by atoms with Gasteiger partial charge in [-0.1, -0.05) is 19.1 Å². The monoisotopic (exact) mass is 380 g/mol. The van der Waals surface area contributed by atoms with Gasteiger partial charge in [0.15, 0.2) is 0 Å². The summed E-state index contributed by atoms with van der Waals surface area (Å²) in [6.45, 7) is 3.42. The molecular weight excluding hydrogens is 360 g/mol. The number of likely N-dealkylation sites (tertiary alicyclic amines) is 1. The molecule has 1 aromatic carbocycles. The predicted octanol–water partition coefficient (Wildman–Crippen LogP) is 3.16. The van der Waals surface area contributed by atoms with Gasteiger partial charge in [-0.3, -0.25) is 4.79 Å². The number of carbonyl (C=O) groups is 1. The molecule has 0 atom stereocenters. The first-order valence-electron chi connectivity index (χ1n) is 8.26. The van der Waals surface area contributed by atoms with Crippen molar-refractivity contribution in [1.29, 1.82) is 0 Å². The minimum absolute atomic E-state index is 0.0346. The van der Waals surface area contributed by atoms with Gasteiger partial charge < -0.3 is 9.08 Å². The Balaban J connectivity index is 1.71. The van der Waals surface area contributed by atoms with Crippen LogP contribution in [0, 0.1) is 0 Å². The van der Waals surface area contributed by atoms with E-state index in [9.17, 15) is 13.2 Å². The van der Waals surface area contributed by atoms with Gasteiger partial charge in [-0.15, -0.1) is 11.3 Å². The Bertz CT molecular complexity index is 838. The van der Waals surface area contributed by atoms with Crippen molar-refractivity contribution >= 4 is 27.4 Å². The molecule has 1 aliphatic rings. The van der Waals surface area contributed by atoms with Crippen molar-refractivity contribution in [2.75, 3.05) is 18.8 Å². The Hall–Kier alpha value is -1.93. The van der Waals surface area contributed by atoms with E-state index >= 15 is 0 Å². The third-order valence-corrected chi connectivity index (χ3v) is 6.12. The summed E-state index contributed by atoms with van der Waals surface area (Å²) < 4.78 is 28.4. The molecule has 0 radical (unpaired) electrons. The fourth-order valence-corrected chi connectivity index (χ4v) is 4.43. The third kappa shape index (κ3) is 4.38. The van der Waals surface area contributed by atoms with Crippen LogP contribution in [0.2, 0.25) is 0 Å². The molecule has 3 rings (SSSR count). The molecule has 8 heteroatoms. The van der Waals surface area contributed by atoms with Crippen LogP contribution in [0.25, 0.3) is 10.6 Å². The molecule has 0 N–H and O–H groups in total. The van der Waals surface area contributed by atoms with E-state index in [1.165, 1.54) is 11.3 Å². The average Bonchev–Trinajstić information content (AvgIpc) is 3.25. The fourth-order valence-electron chi connectivity index (χ4n) is 2.71. The molecule has 134 valence electrons. The highest BCUT2D eigenvalue weighted by Crippen LogP contribution is 2.28. The largest absolute Gasteiger partial charge is 0.361 e. The van der Waals surface area contributed by atoms with Crippen LogP contribution in [0.3, 0.4) is 0 Å². The molecule has 1 fully saturated rings. The first-order chi connectivity index (χ1) is 12.0. The van der Waals surface area contributed by atoms with Gasteiger partial charge in [0.05, 0.1) is 11.1 Å². The van der Waals surface area contributed by atoms with Gasteiger partial charge in [0, 0.05) is 24.2 Å². The molecule has 2 aromatic rings. The Morgan fingerprint density at radius 2 is 1.92 bits per heavy atom. The number of rotatable bonds is 6. The highest BCUT2D eigenvalue weighted by Gasteiger charge is 2.19. The van der Waals surface area contributed by atoms with E-state index in [4.69, 9.17) is 4.18 Å². The molecule has 0 unspecified atom stereocenters. The minimum atomic E-state index is -3.59. The van der Waals surface area contributed by atoms with Crippen LogP contribution in [-0.4, -0.2) is 43.1 Å². The summed E-state index contributed by atoms with van der Waals surface area (Å²) in [6.07, 6.45) is 2.62. The molecule has 25 heavy (non-hydrogen) atoms. The summed E-state index contributed by atoms with van der Waals surface area (Å²) >= 11 is 1.31. The normalized spacial score (nSPS) is 14.7. The molecule has 0 bridgehead atoms. The van der Waals surface area contributed by atoms with Crippen LogP contribution >= 0.6 is 11.3 Å². The molecule has 1 aromatic heterocycles. The number of hydrogen-bond acceptors (Lipinski definition) is 6. The zero-order chi connectivity index (χ0) is 17.9. The lowest BCUT2D eigenvalue weighted by Crippen LogP contribution is -2.27. The predicted molar refractivity (Wildman–Crippen MR) is 97.4 cm³/mol. The molecule has 0 saturated carbocycles. The van der Waals surface area contributed by atoms with Crippen LogP contribution < -0.4 is 4.18 Å². The third-order valence-electron chi connectivity index (χ3n) is 3.92. The van der Waals surface area contributed by atoms with E-state index in [1.54, 1.807) is 24.4 Å². The molecule has 1 amide bonds. The fraction of sp³-hybridized carbons (Fsp3) is 0.412. The van der Waals surface area contributed by atoms with Crippen molar-refractivity contribution < 1.29 is 17.4 Å². The maximum absolute atomic E-state index is 12.3. The number of nitrogens with zero attached hydrogens (tertiary/aromatic N) is 2. The second kappa shape index (κ2) is 7.53. The summed E-state index contributed by atoms with van der Waals surface area (Å²) in [5.74, 6) is 0.108. The maximum atomic E-state index is 12.3. The maximum Gasteiger partial charge on any atom is 0.310 e. The number of benzene rings is 1. The minimum Gasteiger partial charge on any atom is -0.361 e.